The molecule has 1 unspecified atom stereocenters. The van der Waals surface area contributed by atoms with Gasteiger partial charge in [0.25, 0.3) is 5.91 Å². The quantitative estimate of drug-likeness (QED) is 0.530. The van der Waals surface area contributed by atoms with Crippen molar-refractivity contribution < 1.29 is 14.4 Å². The summed E-state index contributed by atoms with van der Waals surface area (Å²) in [5.41, 5.74) is 7.26. The number of halogens is 1. The van der Waals surface area contributed by atoms with Gasteiger partial charge in [0.05, 0.1) is 6.04 Å². The highest BCUT2D eigenvalue weighted by molar-refractivity contribution is 6.02. The zero-order valence-corrected chi connectivity index (χ0v) is 17.2. The molecule has 3 amide bonds. The minimum atomic E-state index is -0.424. The summed E-state index contributed by atoms with van der Waals surface area (Å²) in [6, 6.07) is 7.35. The van der Waals surface area contributed by atoms with Gasteiger partial charge in [-0.1, -0.05) is 18.2 Å². The van der Waals surface area contributed by atoms with E-state index in [0.717, 1.165) is 24.9 Å². The van der Waals surface area contributed by atoms with Gasteiger partial charge >= 0.3 is 0 Å². The molecule has 28 heavy (non-hydrogen) atoms. The Morgan fingerprint density at radius 1 is 1.14 bits per heavy atom. The molecule has 1 aromatic rings. The molecule has 2 aliphatic heterocycles. The molecule has 3 N–H and O–H groups in total. The van der Waals surface area contributed by atoms with Crippen LogP contribution in [0.25, 0.3) is 0 Å². The molecule has 1 atom stereocenters. The van der Waals surface area contributed by atoms with Crippen LogP contribution in [0.4, 0.5) is 0 Å². The van der Waals surface area contributed by atoms with Crippen LogP contribution in [-0.4, -0.2) is 52.7 Å². The van der Waals surface area contributed by atoms with E-state index < -0.39 is 6.04 Å². The van der Waals surface area contributed by atoms with Gasteiger partial charge in [-0.15, -0.1) is 12.4 Å². The molecule has 3 rings (SSSR count). The van der Waals surface area contributed by atoms with Crippen molar-refractivity contribution in [2.75, 3.05) is 13.1 Å². The molecular formula is C20H29ClN4O3. The van der Waals surface area contributed by atoms with Crippen LogP contribution in [0.1, 0.15) is 61.6 Å². The van der Waals surface area contributed by atoms with E-state index in [1.54, 1.807) is 4.90 Å². The third kappa shape index (κ3) is 4.37. The Labute approximate surface area is 172 Å². The van der Waals surface area contributed by atoms with E-state index in [1.807, 2.05) is 24.3 Å². The number of fused-ring (bicyclic) bond motifs is 1. The number of carbonyl (C=O) groups is 3. The molecule has 1 aromatic carbocycles. The molecule has 0 saturated carbocycles. The summed E-state index contributed by atoms with van der Waals surface area (Å²) < 4.78 is 0. The second kappa shape index (κ2) is 9.49. The first-order valence-corrected chi connectivity index (χ1v) is 9.64. The van der Waals surface area contributed by atoms with Crippen LogP contribution in [0.5, 0.6) is 0 Å². The summed E-state index contributed by atoms with van der Waals surface area (Å²) in [5.74, 6) is -0.747. The highest BCUT2D eigenvalue weighted by Gasteiger charge is 2.46. The summed E-state index contributed by atoms with van der Waals surface area (Å²) >= 11 is 0. The number of unbranched alkanes of at least 4 members (excludes halogenated alkanes) is 1. The number of hydrogen-bond acceptors (Lipinski definition) is 5. The van der Waals surface area contributed by atoms with Crippen LogP contribution >= 0.6 is 12.4 Å². The number of hydrogen-bond donors (Lipinski definition) is 2. The van der Waals surface area contributed by atoms with Crippen molar-refractivity contribution in [2.24, 2.45) is 5.73 Å². The van der Waals surface area contributed by atoms with Gasteiger partial charge in [0.1, 0.15) is 6.17 Å². The van der Waals surface area contributed by atoms with Crippen LogP contribution in [-0.2, 0) is 9.59 Å². The predicted molar refractivity (Wildman–Crippen MR) is 109 cm³/mol. The fourth-order valence-electron chi connectivity index (χ4n) is 4.08. The van der Waals surface area contributed by atoms with E-state index in [2.05, 4.69) is 24.1 Å². The van der Waals surface area contributed by atoms with E-state index in [-0.39, 0.29) is 55.2 Å². The molecule has 154 valence electrons. The molecule has 0 radical (unpaired) electrons. The van der Waals surface area contributed by atoms with Crippen molar-refractivity contribution in [1.29, 1.82) is 0 Å². The van der Waals surface area contributed by atoms with Crippen molar-refractivity contribution >= 4 is 30.1 Å². The summed E-state index contributed by atoms with van der Waals surface area (Å²) in [4.78, 5) is 41.1. The maximum Gasteiger partial charge on any atom is 0.256 e. The summed E-state index contributed by atoms with van der Waals surface area (Å²) in [6.07, 6.45) is 1.87. The van der Waals surface area contributed by atoms with E-state index >= 15 is 0 Å². The van der Waals surface area contributed by atoms with Gasteiger partial charge in [-0.2, -0.15) is 0 Å². The Kier molecular flexibility index (Phi) is 7.57. The SMILES string of the molecule is CC(C)N(CCCCN)C1c2ccccc2C(=O)N1C1CC(=O)NC(=O)C1.Cl. The number of rotatable bonds is 7. The van der Waals surface area contributed by atoms with Crippen LogP contribution < -0.4 is 11.1 Å². The highest BCUT2D eigenvalue weighted by atomic mass is 35.5. The zero-order chi connectivity index (χ0) is 19.6. The lowest BCUT2D eigenvalue weighted by Gasteiger charge is -2.42. The number of nitrogens with two attached hydrogens (primary N) is 1. The fourth-order valence-corrected chi connectivity index (χ4v) is 4.08. The maximum absolute atomic E-state index is 13.2. The summed E-state index contributed by atoms with van der Waals surface area (Å²) in [5, 5.41) is 2.33. The fraction of sp³-hybridized carbons (Fsp3) is 0.550. The van der Waals surface area contributed by atoms with Crippen LogP contribution in [0, 0.1) is 0 Å². The lowest BCUT2D eigenvalue weighted by Crippen LogP contribution is -2.53. The molecule has 0 spiro atoms. The topological polar surface area (TPSA) is 95.7 Å². The van der Waals surface area contributed by atoms with Crippen molar-refractivity contribution in [1.82, 2.24) is 15.1 Å². The van der Waals surface area contributed by atoms with E-state index in [9.17, 15) is 14.4 Å². The molecule has 1 saturated heterocycles. The average Bonchev–Trinajstić information content (AvgIpc) is 2.90. The third-order valence-electron chi connectivity index (χ3n) is 5.33. The van der Waals surface area contributed by atoms with Gasteiger partial charge in [0, 0.05) is 36.6 Å². The number of piperidine rings is 1. The maximum atomic E-state index is 13.2. The Hall–Kier alpha value is -1.96. The smallest absolute Gasteiger partial charge is 0.256 e. The lowest BCUT2D eigenvalue weighted by molar-refractivity contribution is -0.136. The molecule has 0 aromatic heterocycles. The predicted octanol–water partition coefficient (Wildman–Crippen LogP) is 1.82. The molecule has 0 bridgehead atoms. The zero-order valence-electron chi connectivity index (χ0n) is 16.4. The second-order valence-corrected chi connectivity index (χ2v) is 7.53. The normalized spacial score (nSPS) is 19.8. The number of nitrogens with zero attached hydrogens (tertiary/aromatic N) is 2. The molecule has 0 aliphatic carbocycles. The molecule has 2 aliphatic rings. The lowest BCUT2D eigenvalue weighted by atomic mass is 10.0. The van der Waals surface area contributed by atoms with Gasteiger partial charge in [0.15, 0.2) is 0 Å². The monoisotopic (exact) mass is 408 g/mol. The Bertz CT molecular complexity index is 724. The first-order valence-electron chi connectivity index (χ1n) is 9.64. The molecule has 1 fully saturated rings. The number of imide groups is 1. The highest BCUT2D eigenvalue weighted by Crippen LogP contribution is 2.40. The summed E-state index contributed by atoms with van der Waals surface area (Å²) in [6.45, 7) is 5.63. The van der Waals surface area contributed by atoms with E-state index in [4.69, 9.17) is 5.73 Å². The van der Waals surface area contributed by atoms with Crippen molar-refractivity contribution in [3.8, 4) is 0 Å². The van der Waals surface area contributed by atoms with Gasteiger partial charge in [0.2, 0.25) is 11.8 Å². The Morgan fingerprint density at radius 2 is 1.79 bits per heavy atom. The Morgan fingerprint density at radius 3 is 2.39 bits per heavy atom. The van der Waals surface area contributed by atoms with Crippen molar-refractivity contribution in [3.63, 3.8) is 0 Å². The van der Waals surface area contributed by atoms with Gasteiger partial charge in [-0.25, -0.2) is 0 Å². The van der Waals surface area contributed by atoms with E-state index in [1.165, 1.54) is 0 Å². The Balaban J connectivity index is 0.00000280. The van der Waals surface area contributed by atoms with Gasteiger partial charge in [-0.3, -0.25) is 24.6 Å². The standard InChI is InChI=1S/C20H28N4O3.ClH/c1-13(2)23(10-6-5-9-21)19-15-7-3-4-8-16(15)20(27)24(19)14-11-17(25)22-18(26)12-14;/h3-4,7-8,13-14,19H,5-6,9-12,21H2,1-2H3,(H,22,25,26);1H. The molecule has 8 heteroatoms. The summed E-state index contributed by atoms with van der Waals surface area (Å²) in [7, 11) is 0. The van der Waals surface area contributed by atoms with Crippen LogP contribution in [0.2, 0.25) is 0 Å². The minimum Gasteiger partial charge on any atom is -0.330 e. The minimum absolute atomic E-state index is 0. The van der Waals surface area contributed by atoms with Crippen LogP contribution in [0.15, 0.2) is 24.3 Å². The average molecular weight is 409 g/mol. The first kappa shape index (κ1) is 22.3. The second-order valence-electron chi connectivity index (χ2n) is 7.53. The van der Waals surface area contributed by atoms with Crippen molar-refractivity contribution in [3.05, 3.63) is 35.4 Å². The van der Waals surface area contributed by atoms with Crippen molar-refractivity contribution in [2.45, 2.75) is 57.8 Å². The largest absolute Gasteiger partial charge is 0.330 e. The van der Waals surface area contributed by atoms with Crippen LogP contribution in [0.3, 0.4) is 0 Å². The van der Waals surface area contributed by atoms with Gasteiger partial charge in [-0.05, 0) is 39.3 Å². The number of nitrogens with one attached hydrogen (secondary N) is 1. The molecular weight excluding hydrogens is 380 g/mol. The molecule has 2 heterocycles. The number of amides is 3. The van der Waals surface area contributed by atoms with E-state index in [0.29, 0.717) is 12.1 Å². The van der Waals surface area contributed by atoms with Gasteiger partial charge < -0.3 is 10.6 Å². The first-order chi connectivity index (χ1) is 12.9. The number of carbonyl (C=O) groups excluding carboxylic acids is 3. The third-order valence-corrected chi connectivity index (χ3v) is 5.33. The molecule has 7 nitrogen and oxygen atoms in total. The number of benzene rings is 1.